The van der Waals surface area contributed by atoms with Crippen molar-refractivity contribution in [1.29, 1.82) is 0 Å². The van der Waals surface area contributed by atoms with Crippen LogP contribution in [0.3, 0.4) is 0 Å². The molecule has 0 saturated carbocycles. The maximum atomic E-state index is 11.1. The Morgan fingerprint density at radius 1 is 1.47 bits per heavy atom. The highest BCUT2D eigenvalue weighted by Gasteiger charge is 2.17. The Kier molecular flexibility index (Phi) is 4.11. The van der Waals surface area contributed by atoms with Crippen molar-refractivity contribution in [3.63, 3.8) is 0 Å². The molecule has 2 aromatic rings. The minimum absolute atomic E-state index is 0.154. The standard InChI is InChI=1S/C13H15N3O2S/c1-10-3-4-11(12(9-10)16(17)18)15(2)7-5-13-14-6-8-19-13/h3-4,6,8-9H,5,7H2,1-2H3. The van der Waals surface area contributed by atoms with Crippen molar-refractivity contribution in [2.75, 3.05) is 18.5 Å². The number of likely N-dealkylation sites (N-methyl/N-ethyl adjacent to an activating group) is 1. The first kappa shape index (κ1) is 13.5. The van der Waals surface area contributed by atoms with Crippen LogP contribution in [0.1, 0.15) is 10.6 Å². The van der Waals surface area contributed by atoms with Crippen LogP contribution in [0, 0.1) is 17.0 Å². The predicted molar refractivity (Wildman–Crippen MR) is 76.9 cm³/mol. The fraction of sp³-hybridized carbons (Fsp3) is 0.308. The lowest BCUT2D eigenvalue weighted by molar-refractivity contribution is -0.384. The van der Waals surface area contributed by atoms with Gasteiger partial charge in [-0.05, 0) is 18.6 Å². The third-order valence-corrected chi connectivity index (χ3v) is 3.72. The minimum atomic E-state index is -0.331. The van der Waals surface area contributed by atoms with Crippen LogP contribution in [0.2, 0.25) is 0 Å². The van der Waals surface area contributed by atoms with E-state index in [1.54, 1.807) is 29.7 Å². The summed E-state index contributed by atoms with van der Waals surface area (Å²) in [6, 6.07) is 5.30. The number of hydrogen-bond acceptors (Lipinski definition) is 5. The molecule has 19 heavy (non-hydrogen) atoms. The number of nitro groups is 1. The number of hydrogen-bond donors (Lipinski definition) is 0. The molecular formula is C13H15N3O2S. The largest absolute Gasteiger partial charge is 0.369 e. The molecule has 0 aliphatic heterocycles. The molecule has 0 atom stereocenters. The van der Waals surface area contributed by atoms with Crippen LogP contribution >= 0.6 is 11.3 Å². The molecule has 0 radical (unpaired) electrons. The Morgan fingerprint density at radius 3 is 2.89 bits per heavy atom. The van der Waals surface area contributed by atoms with E-state index in [1.807, 2.05) is 30.3 Å². The normalized spacial score (nSPS) is 10.4. The monoisotopic (exact) mass is 277 g/mol. The first-order valence-electron chi connectivity index (χ1n) is 5.92. The van der Waals surface area contributed by atoms with Gasteiger partial charge in [-0.3, -0.25) is 10.1 Å². The lowest BCUT2D eigenvalue weighted by Crippen LogP contribution is -2.21. The van der Waals surface area contributed by atoms with Gasteiger partial charge in [-0.2, -0.15) is 0 Å². The molecule has 1 aromatic heterocycles. The average molecular weight is 277 g/mol. The zero-order chi connectivity index (χ0) is 13.8. The number of benzene rings is 1. The van der Waals surface area contributed by atoms with Gasteiger partial charge in [0, 0.05) is 37.7 Å². The highest BCUT2D eigenvalue weighted by atomic mass is 32.1. The molecule has 100 valence electrons. The van der Waals surface area contributed by atoms with Crippen LogP contribution < -0.4 is 4.90 Å². The van der Waals surface area contributed by atoms with Crippen molar-refractivity contribution >= 4 is 22.7 Å². The predicted octanol–water partition coefficient (Wildman–Crippen LogP) is 3.04. The first-order chi connectivity index (χ1) is 9.08. The average Bonchev–Trinajstić information content (AvgIpc) is 2.88. The maximum absolute atomic E-state index is 11.1. The summed E-state index contributed by atoms with van der Waals surface area (Å²) in [5.41, 5.74) is 1.69. The quantitative estimate of drug-likeness (QED) is 0.622. The third-order valence-electron chi connectivity index (χ3n) is 2.88. The maximum Gasteiger partial charge on any atom is 0.292 e. The molecule has 6 heteroatoms. The number of nitrogens with zero attached hydrogens (tertiary/aromatic N) is 3. The molecule has 0 saturated heterocycles. The van der Waals surface area contributed by atoms with E-state index in [-0.39, 0.29) is 10.6 Å². The van der Waals surface area contributed by atoms with Crippen molar-refractivity contribution < 1.29 is 4.92 Å². The fourth-order valence-electron chi connectivity index (χ4n) is 1.86. The van der Waals surface area contributed by atoms with E-state index in [1.165, 1.54) is 0 Å². The zero-order valence-corrected chi connectivity index (χ0v) is 11.7. The summed E-state index contributed by atoms with van der Waals surface area (Å²) in [5.74, 6) is 0. The first-order valence-corrected chi connectivity index (χ1v) is 6.80. The second-order valence-electron chi connectivity index (χ2n) is 4.35. The number of aryl methyl sites for hydroxylation is 1. The second kappa shape index (κ2) is 5.79. The van der Waals surface area contributed by atoms with Gasteiger partial charge in [0.2, 0.25) is 0 Å². The highest BCUT2D eigenvalue weighted by Crippen LogP contribution is 2.28. The van der Waals surface area contributed by atoms with Crippen molar-refractivity contribution in [3.8, 4) is 0 Å². The van der Waals surface area contributed by atoms with Crippen molar-refractivity contribution in [2.45, 2.75) is 13.3 Å². The van der Waals surface area contributed by atoms with Gasteiger partial charge in [0.1, 0.15) is 5.69 Å². The second-order valence-corrected chi connectivity index (χ2v) is 5.33. The van der Waals surface area contributed by atoms with Gasteiger partial charge in [-0.1, -0.05) is 6.07 Å². The lowest BCUT2D eigenvalue weighted by Gasteiger charge is -2.18. The number of aromatic nitrogens is 1. The summed E-state index contributed by atoms with van der Waals surface area (Å²) < 4.78 is 0. The van der Waals surface area contributed by atoms with E-state index in [0.717, 1.165) is 17.0 Å². The molecule has 1 aromatic carbocycles. The Morgan fingerprint density at radius 2 is 2.26 bits per heavy atom. The summed E-state index contributed by atoms with van der Waals surface area (Å²) in [6.45, 7) is 2.56. The summed E-state index contributed by atoms with van der Waals surface area (Å²) in [7, 11) is 1.87. The van der Waals surface area contributed by atoms with Crippen molar-refractivity contribution in [2.24, 2.45) is 0 Å². The smallest absolute Gasteiger partial charge is 0.292 e. The van der Waals surface area contributed by atoms with Gasteiger partial charge >= 0.3 is 0 Å². The van der Waals surface area contributed by atoms with Gasteiger partial charge in [0.15, 0.2) is 0 Å². The lowest BCUT2D eigenvalue weighted by atomic mass is 10.2. The molecule has 0 bridgehead atoms. The van der Waals surface area contributed by atoms with Gasteiger partial charge in [-0.25, -0.2) is 4.98 Å². The van der Waals surface area contributed by atoms with E-state index in [4.69, 9.17) is 0 Å². The summed E-state index contributed by atoms with van der Waals surface area (Å²) >= 11 is 1.60. The van der Waals surface area contributed by atoms with E-state index in [2.05, 4.69) is 4.98 Å². The van der Waals surface area contributed by atoms with Crippen molar-refractivity contribution in [3.05, 3.63) is 50.5 Å². The molecule has 0 aliphatic rings. The Hall–Kier alpha value is -1.95. The molecule has 0 aliphatic carbocycles. The van der Waals surface area contributed by atoms with Crippen LogP contribution in [0.4, 0.5) is 11.4 Å². The van der Waals surface area contributed by atoms with E-state index >= 15 is 0 Å². The molecule has 0 spiro atoms. The molecule has 5 nitrogen and oxygen atoms in total. The third kappa shape index (κ3) is 3.29. The van der Waals surface area contributed by atoms with Crippen LogP contribution in [0.15, 0.2) is 29.8 Å². The van der Waals surface area contributed by atoms with Crippen LogP contribution in [0.5, 0.6) is 0 Å². The van der Waals surface area contributed by atoms with Crippen LogP contribution in [-0.4, -0.2) is 23.5 Å². The zero-order valence-electron chi connectivity index (χ0n) is 10.9. The summed E-state index contributed by atoms with van der Waals surface area (Å²) in [4.78, 5) is 16.9. The number of thiazole rings is 1. The minimum Gasteiger partial charge on any atom is -0.369 e. The van der Waals surface area contributed by atoms with Gasteiger partial charge in [0.05, 0.1) is 9.93 Å². The Bertz CT molecular complexity index is 569. The molecule has 2 rings (SSSR count). The van der Waals surface area contributed by atoms with Gasteiger partial charge < -0.3 is 4.90 Å². The number of anilines is 1. The van der Waals surface area contributed by atoms with E-state index in [0.29, 0.717) is 12.2 Å². The van der Waals surface area contributed by atoms with E-state index < -0.39 is 0 Å². The molecule has 1 heterocycles. The topological polar surface area (TPSA) is 59.3 Å². The van der Waals surface area contributed by atoms with E-state index in [9.17, 15) is 10.1 Å². The molecule has 0 unspecified atom stereocenters. The number of rotatable bonds is 5. The Balaban J connectivity index is 2.14. The summed E-state index contributed by atoms with van der Waals surface area (Å²) in [5, 5.41) is 14.1. The highest BCUT2D eigenvalue weighted by molar-refractivity contribution is 7.09. The fourth-order valence-corrected chi connectivity index (χ4v) is 2.47. The summed E-state index contributed by atoms with van der Waals surface area (Å²) in [6.07, 6.45) is 2.56. The van der Waals surface area contributed by atoms with Crippen molar-refractivity contribution in [1.82, 2.24) is 4.98 Å². The van der Waals surface area contributed by atoms with Gasteiger partial charge in [-0.15, -0.1) is 11.3 Å². The molecule has 0 N–H and O–H groups in total. The van der Waals surface area contributed by atoms with Gasteiger partial charge in [0.25, 0.3) is 5.69 Å². The Labute approximate surface area is 115 Å². The van der Waals surface area contributed by atoms with Crippen LogP contribution in [0.25, 0.3) is 0 Å². The SMILES string of the molecule is Cc1ccc(N(C)CCc2nccs2)c([N+](=O)[O-])c1. The molecule has 0 amide bonds. The molecular weight excluding hydrogens is 262 g/mol. The molecule has 0 fully saturated rings. The van der Waals surface area contributed by atoms with Crippen LogP contribution in [-0.2, 0) is 6.42 Å². The number of nitro benzene ring substituents is 1.